The number of carboxylic acid groups (broad SMARTS) is 1. The molecule has 20 heavy (non-hydrogen) atoms. The third-order valence-electron chi connectivity index (χ3n) is 4.04. The quantitative estimate of drug-likeness (QED) is 0.454. The molecule has 0 aromatic carbocycles. The van der Waals surface area contributed by atoms with Gasteiger partial charge in [0.2, 0.25) is 5.91 Å². The molecule has 2 bridgehead atoms. The fraction of sp³-hybridized carbons (Fsp3) is 0.714. The Morgan fingerprint density at radius 2 is 1.90 bits per heavy atom. The maximum absolute atomic E-state index is 12.2. The zero-order valence-electron chi connectivity index (χ0n) is 11.3. The van der Waals surface area contributed by atoms with Gasteiger partial charge >= 0.3 is 5.97 Å². The molecular weight excluding hydrogens is 278 g/mol. The highest BCUT2D eigenvalue weighted by Gasteiger charge is 2.51. The predicted molar refractivity (Wildman–Crippen MR) is 77.4 cm³/mol. The van der Waals surface area contributed by atoms with Crippen molar-refractivity contribution in [3.05, 3.63) is 12.2 Å². The van der Waals surface area contributed by atoms with E-state index in [4.69, 9.17) is 5.11 Å². The van der Waals surface area contributed by atoms with Gasteiger partial charge < -0.3 is 15.5 Å². The minimum Gasteiger partial charge on any atom is -0.481 e. The van der Waals surface area contributed by atoms with Crippen LogP contribution in [0.3, 0.4) is 0 Å². The molecule has 2 unspecified atom stereocenters. The summed E-state index contributed by atoms with van der Waals surface area (Å²) in [6, 6.07) is 0. The van der Waals surface area contributed by atoms with E-state index in [1.165, 1.54) is 0 Å². The Morgan fingerprint density at radius 1 is 1.20 bits per heavy atom. The van der Waals surface area contributed by atoms with Crippen LogP contribution in [-0.4, -0.2) is 46.7 Å². The van der Waals surface area contributed by atoms with Crippen LogP contribution in [0.4, 0.5) is 0 Å². The summed E-state index contributed by atoms with van der Waals surface area (Å²) < 4.78 is 0. The predicted octanol–water partition coefficient (Wildman–Crippen LogP) is 0.741. The van der Waals surface area contributed by atoms with Gasteiger partial charge in [-0.25, -0.2) is 0 Å². The third-order valence-corrected chi connectivity index (χ3v) is 5.11. The van der Waals surface area contributed by atoms with Gasteiger partial charge in [-0.15, -0.1) is 0 Å². The molecule has 0 aromatic heterocycles. The summed E-state index contributed by atoms with van der Waals surface area (Å²) in [7, 11) is 0. The fourth-order valence-corrected chi connectivity index (χ4v) is 3.93. The average molecular weight is 299 g/mol. The van der Waals surface area contributed by atoms with Gasteiger partial charge in [-0.2, -0.15) is 11.8 Å². The molecule has 6 heteroatoms. The summed E-state index contributed by atoms with van der Waals surface area (Å²) in [5, 5.41) is 20.8. The Kier molecular flexibility index (Phi) is 5.48. The van der Waals surface area contributed by atoms with E-state index < -0.39 is 17.8 Å². The van der Waals surface area contributed by atoms with Crippen LogP contribution in [0.15, 0.2) is 12.2 Å². The second-order valence-electron chi connectivity index (χ2n) is 5.32. The lowest BCUT2D eigenvalue weighted by Crippen LogP contribution is -2.40. The summed E-state index contributed by atoms with van der Waals surface area (Å²) in [6.07, 6.45) is 5.49. The SMILES string of the molecule is O=C(O)[C@@H]1C2C=CC(C2)[C@@H]1C(=O)NCCSCCCO. The van der Waals surface area contributed by atoms with E-state index in [0.29, 0.717) is 6.54 Å². The average Bonchev–Trinajstić information content (AvgIpc) is 3.02. The minimum absolute atomic E-state index is 0.0205. The van der Waals surface area contributed by atoms with Crippen molar-refractivity contribution in [3.8, 4) is 0 Å². The normalized spacial score (nSPS) is 30.6. The number of aliphatic hydroxyl groups is 1. The van der Waals surface area contributed by atoms with Crippen molar-refractivity contribution < 1.29 is 19.8 Å². The van der Waals surface area contributed by atoms with Gasteiger partial charge in [0.05, 0.1) is 11.8 Å². The molecular formula is C14H21NO4S. The molecule has 4 atom stereocenters. The molecule has 2 rings (SSSR count). The molecule has 0 saturated heterocycles. The number of fused-ring (bicyclic) bond motifs is 2. The van der Waals surface area contributed by atoms with Crippen molar-refractivity contribution in [2.24, 2.45) is 23.7 Å². The van der Waals surface area contributed by atoms with Gasteiger partial charge in [0.1, 0.15) is 0 Å². The topological polar surface area (TPSA) is 86.6 Å². The van der Waals surface area contributed by atoms with E-state index in [1.807, 2.05) is 12.2 Å². The molecule has 1 amide bonds. The van der Waals surface area contributed by atoms with Crippen molar-refractivity contribution in [2.75, 3.05) is 24.7 Å². The first-order valence-electron chi connectivity index (χ1n) is 7.02. The standard InChI is InChI=1S/C14H21NO4S/c16-5-1-6-20-7-4-15-13(17)11-9-2-3-10(8-9)12(11)14(18)19/h2-3,9-12,16H,1,4-8H2,(H,15,17)(H,18,19)/t9?,10?,11-,12+/m0/s1. The number of hydrogen-bond donors (Lipinski definition) is 3. The molecule has 0 heterocycles. The van der Waals surface area contributed by atoms with Gasteiger partial charge in [-0.05, 0) is 30.4 Å². The van der Waals surface area contributed by atoms with Crippen LogP contribution in [0.5, 0.6) is 0 Å². The Bertz CT molecular complexity index is 399. The van der Waals surface area contributed by atoms with E-state index in [9.17, 15) is 14.7 Å². The van der Waals surface area contributed by atoms with Crippen LogP contribution in [0.1, 0.15) is 12.8 Å². The summed E-state index contributed by atoms with van der Waals surface area (Å²) in [5.41, 5.74) is 0. The Balaban J connectivity index is 1.77. The van der Waals surface area contributed by atoms with Gasteiger partial charge in [-0.3, -0.25) is 9.59 Å². The van der Waals surface area contributed by atoms with Gasteiger partial charge in [0.15, 0.2) is 0 Å². The maximum atomic E-state index is 12.2. The van der Waals surface area contributed by atoms with Crippen molar-refractivity contribution in [1.82, 2.24) is 5.32 Å². The van der Waals surface area contributed by atoms with Crippen molar-refractivity contribution in [1.29, 1.82) is 0 Å². The monoisotopic (exact) mass is 299 g/mol. The molecule has 0 aromatic rings. The zero-order chi connectivity index (χ0) is 14.5. The van der Waals surface area contributed by atoms with E-state index >= 15 is 0 Å². The van der Waals surface area contributed by atoms with Gasteiger partial charge in [-0.1, -0.05) is 12.2 Å². The third kappa shape index (κ3) is 3.35. The first kappa shape index (κ1) is 15.4. The van der Waals surface area contributed by atoms with Crippen LogP contribution in [0.2, 0.25) is 0 Å². The van der Waals surface area contributed by atoms with E-state index in [2.05, 4.69) is 5.32 Å². The second kappa shape index (κ2) is 7.13. The van der Waals surface area contributed by atoms with Crippen LogP contribution < -0.4 is 5.32 Å². The summed E-state index contributed by atoms with van der Waals surface area (Å²) >= 11 is 1.68. The number of thioether (sulfide) groups is 1. The number of nitrogens with one attached hydrogen (secondary N) is 1. The smallest absolute Gasteiger partial charge is 0.307 e. The van der Waals surface area contributed by atoms with Crippen molar-refractivity contribution >= 4 is 23.6 Å². The summed E-state index contributed by atoms with van der Waals surface area (Å²) in [4.78, 5) is 23.5. The highest BCUT2D eigenvalue weighted by Crippen LogP contribution is 2.48. The van der Waals surface area contributed by atoms with Gasteiger partial charge in [0, 0.05) is 18.9 Å². The highest BCUT2D eigenvalue weighted by molar-refractivity contribution is 7.99. The molecule has 0 spiro atoms. The number of aliphatic carboxylic acids is 1. The highest BCUT2D eigenvalue weighted by atomic mass is 32.2. The number of amides is 1. The molecule has 0 aliphatic heterocycles. The van der Waals surface area contributed by atoms with Crippen molar-refractivity contribution in [2.45, 2.75) is 12.8 Å². The largest absolute Gasteiger partial charge is 0.481 e. The van der Waals surface area contributed by atoms with Crippen LogP contribution in [-0.2, 0) is 9.59 Å². The number of rotatable bonds is 8. The minimum atomic E-state index is -0.862. The number of aliphatic hydroxyl groups excluding tert-OH is 1. The number of hydrogen-bond acceptors (Lipinski definition) is 4. The molecule has 3 N–H and O–H groups in total. The maximum Gasteiger partial charge on any atom is 0.307 e. The Morgan fingerprint density at radius 3 is 2.55 bits per heavy atom. The van der Waals surface area contributed by atoms with E-state index in [-0.39, 0.29) is 24.3 Å². The number of carbonyl (C=O) groups is 2. The number of allylic oxidation sites excluding steroid dienone is 2. The molecule has 2 aliphatic rings. The van der Waals surface area contributed by atoms with Gasteiger partial charge in [0.25, 0.3) is 0 Å². The second-order valence-corrected chi connectivity index (χ2v) is 6.54. The summed E-state index contributed by atoms with van der Waals surface area (Å²) in [5.74, 6) is -0.190. The molecule has 0 radical (unpaired) electrons. The first-order valence-corrected chi connectivity index (χ1v) is 8.18. The van der Waals surface area contributed by atoms with Crippen LogP contribution >= 0.6 is 11.8 Å². The lowest BCUT2D eigenvalue weighted by atomic mass is 9.82. The lowest BCUT2D eigenvalue weighted by Gasteiger charge is -2.23. The molecule has 112 valence electrons. The number of carboxylic acids is 1. The van der Waals surface area contributed by atoms with Crippen LogP contribution in [0, 0.1) is 23.7 Å². The Hall–Kier alpha value is -1.01. The van der Waals surface area contributed by atoms with Crippen molar-refractivity contribution in [3.63, 3.8) is 0 Å². The molecule has 2 aliphatic carbocycles. The number of carbonyl (C=O) groups excluding carboxylic acids is 1. The molecule has 1 saturated carbocycles. The fourth-order valence-electron chi connectivity index (χ4n) is 3.15. The lowest BCUT2D eigenvalue weighted by molar-refractivity contribution is -0.147. The van der Waals surface area contributed by atoms with E-state index in [0.717, 1.165) is 24.3 Å². The zero-order valence-corrected chi connectivity index (χ0v) is 12.1. The molecule has 5 nitrogen and oxygen atoms in total. The van der Waals surface area contributed by atoms with Crippen LogP contribution in [0.25, 0.3) is 0 Å². The Labute approximate surface area is 122 Å². The first-order chi connectivity index (χ1) is 9.65. The van der Waals surface area contributed by atoms with E-state index in [1.54, 1.807) is 11.8 Å². The summed E-state index contributed by atoms with van der Waals surface area (Å²) in [6.45, 7) is 0.746. The molecule has 1 fully saturated rings.